The van der Waals surface area contributed by atoms with Gasteiger partial charge in [0.15, 0.2) is 0 Å². The second-order valence-corrected chi connectivity index (χ2v) is 8.15. The molecule has 140 valence electrons. The van der Waals surface area contributed by atoms with E-state index >= 15 is 0 Å². The summed E-state index contributed by atoms with van der Waals surface area (Å²) in [6.07, 6.45) is 7.18. The highest BCUT2D eigenvalue weighted by Crippen LogP contribution is 2.65. The molecule has 27 heavy (non-hydrogen) atoms. The van der Waals surface area contributed by atoms with Crippen molar-refractivity contribution < 1.29 is 9.59 Å². The second kappa shape index (κ2) is 6.04. The SMILES string of the molecule is CCN(CC)c1ccc(/C=N\N2C(=O)[C@@H]3[C@@H]4C=C[C@H]([C@H]5C[C@H]45)[C@@H]3C2=O)cc1. The summed E-state index contributed by atoms with van der Waals surface area (Å²) < 4.78 is 0. The first-order valence-electron chi connectivity index (χ1n) is 10.1. The molecule has 1 saturated heterocycles. The molecule has 1 aliphatic heterocycles. The Bertz CT molecular complexity index is 804. The lowest BCUT2D eigenvalue weighted by Crippen LogP contribution is -2.40. The maximum absolute atomic E-state index is 12.9. The molecular weight excluding hydrogens is 338 g/mol. The summed E-state index contributed by atoms with van der Waals surface area (Å²) in [6, 6.07) is 8.07. The van der Waals surface area contributed by atoms with E-state index in [0.717, 1.165) is 23.7 Å². The van der Waals surface area contributed by atoms with E-state index < -0.39 is 0 Å². The first-order chi connectivity index (χ1) is 13.1. The highest BCUT2D eigenvalue weighted by atomic mass is 16.2. The van der Waals surface area contributed by atoms with Crippen molar-refractivity contribution in [3.63, 3.8) is 0 Å². The van der Waals surface area contributed by atoms with E-state index in [-0.39, 0.29) is 35.5 Å². The van der Waals surface area contributed by atoms with Crippen LogP contribution in [0.1, 0.15) is 25.8 Å². The average Bonchev–Trinajstić information content (AvgIpc) is 3.47. The number of hydrazone groups is 1. The van der Waals surface area contributed by atoms with Crippen molar-refractivity contribution in [3.05, 3.63) is 42.0 Å². The summed E-state index contributed by atoms with van der Waals surface area (Å²) in [5.74, 6) is 1.16. The van der Waals surface area contributed by atoms with Crippen molar-refractivity contribution in [1.29, 1.82) is 0 Å². The maximum atomic E-state index is 12.9. The molecule has 1 heterocycles. The predicted molar refractivity (Wildman–Crippen MR) is 104 cm³/mol. The quantitative estimate of drug-likeness (QED) is 0.459. The molecule has 1 aromatic rings. The van der Waals surface area contributed by atoms with Crippen molar-refractivity contribution >= 4 is 23.7 Å². The Hall–Kier alpha value is -2.43. The van der Waals surface area contributed by atoms with Crippen LogP contribution in [0.3, 0.4) is 0 Å². The van der Waals surface area contributed by atoms with Gasteiger partial charge >= 0.3 is 0 Å². The molecule has 6 atom stereocenters. The van der Waals surface area contributed by atoms with Gasteiger partial charge in [0.05, 0.1) is 18.1 Å². The molecule has 0 spiro atoms. The van der Waals surface area contributed by atoms with Gasteiger partial charge in [-0.3, -0.25) is 9.59 Å². The fourth-order valence-corrected chi connectivity index (χ4v) is 5.54. The highest BCUT2D eigenvalue weighted by Gasteiger charge is 2.67. The Morgan fingerprint density at radius 3 is 2.07 bits per heavy atom. The van der Waals surface area contributed by atoms with Crippen molar-refractivity contribution in [1.82, 2.24) is 5.01 Å². The molecule has 5 heteroatoms. The lowest BCUT2D eigenvalue weighted by atomic mass is 9.63. The maximum Gasteiger partial charge on any atom is 0.254 e. The molecule has 0 unspecified atom stereocenters. The van der Waals surface area contributed by atoms with Crippen LogP contribution in [-0.2, 0) is 9.59 Å². The van der Waals surface area contributed by atoms with Crippen LogP contribution >= 0.6 is 0 Å². The van der Waals surface area contributed by atoms with Gasteiger partial charge in [-0.05, 0) is 61.6 Å². The molecule has 0 N–H and O–H groups in total. The van der Waals surface area contributed by atoms with E-state index in [9.17, 15) is 9.59 Å². The molecule has 1 aromatic carbocycles. The third-order valence-corrected chi connectivity index (χ3v) is 6.98. The molecule has 6 rings (SSSR count). The van der Waals surface area contributed by atoms with Crippen LogP contribution < -0.4 is 4.90 Å². The zero-order valence-electron chi connectivity index (χ0n) is 15.8. The molecular formula is C22H25N3O2. The number of anilines is 1. The van der Waals surface area contributed by atoms with E-state index in [0.29, 0.717) is 11.8 Å². The van der Waals surface area contributed by atoms with E-state index in [4.69, 9.17) is 0 Å². The van der Waals surface area contributed by atoms with E-state index in [1.807, 2.05) is 12.1 Å². The van der Waals surface area contributed by atoms with Crippen LogP contribution in [-0.4, -0.2) is 36.1 Å². The molecule has 0 aromatic heterocycles. The number of rotatable bonds is 5. The molecule has 5 nitrogen and oxygen atoms in total. The summed E-state index contributed by atoms with van der Waals surface area (Å²) in [6.45, 7) is 6.19. The molecule has 3 fully saturated rings. The van der Waals surface area contributed by atoms with Crippen molar-refractivity contribution in [2.45, 2.75) is 20.3 Å². The van der Waals surface area contributed by atoms with E-state index in [2.05, 4.69) is 48.1 Å². The fourth-order valence-electron chi connectivity index (χ4n) is 5.54. The minimum absolute atomic E-state index is 0.106. The number of allylic oxidation sites excluding steroid dienone is 2. The summed E-state index contributed by atoms with van der Waals surface area (Å²) >= 11 is 0. The van der Waals surface area contributed by atoms with Gasteiger partial charge in [-0.25, -0.2) is 0 Å². The molecule has 4 aliphatic carbocycles. The Labute approximate surface area is 159 Å². The van der Waals surface area contributed by atoms with Crippen molar-refractivity contribution in [3.8, 4) is 0 Å². The molecule has 0 radical (unpaired) electrons. The Morgan fingerprint density at radius 1 is 1.00 bits per heavy atom. The van der Waals surface area contributed by atoms with E-state index in [1.54, 1.807) is 6.21 Å². The number of carbonyl (C=O) groups excluding carboxylic acids is 2. The average molecular weight is 363 g/mol. The summed E-state index contributed by atoms with van der Waals surface area (Å²) in [5.41, 5.74) is 2.06. The number of carbonyl (C=O) groups is 2. The van der Waals surface area contributed by atoms with Crippen molar-refractivity contribution in [2.75, 3.05) is 18.0 Å². The molecule has 2 saturated carbocycles. The third kappa shape index (κ3) is 2.40. The zero-order chi connectivity index (χ0) is 18.7. The first-order valence-corrected chi connectivity index (χ1v) is 10.1. The Balaban J connectivity index is 1.34. The predicted octanol–water partition coefficient (Wildman–Crippen LogP) is 2.92. The van der Waals surface area contributed by atoms with Gasteiger partial charge in [0.25, 0.3) is 11.8 Å². The standard InChI is InChI=1S/C22H25N3O2/c1-3-24(4-2)14-7-5-13(6-8-14)12-23-25-21(26)19-15-9-10-16(18-11-17(15)18)20(19)22(25)27/h5-10,12,15-20H,3-4,11H2,1-2H3/b23-12-/t15-,16-,17-,18-,19-,20+/m1/s1. The summed E-state index contributed by atoms with van der Waals surface area (Å²) in [7, 11) is 0. The summed E-state index contributed by atoms with van der Waals surface area (Å²) in [4.78, 5) is 28.1. The normalized spacial score (nSPS) is 35.7. The minimum Gasteiger partial charge on any atom is -0.372 e. The number of hydrogen-bond acceptors (Lipinski definition) is 4. The monoisotopic (exact) mass is 363 g/mol. The lowest BCUT2D eigenvalue weighted by Gasteiger charge is -2.37. The van der Waals surface area contributed by atoms with Crippen LogP contribution in [0.5, 0.6) is 0 Å². The number of benzene rings is 1. The molecule has 2 bridgehead atoms. The number of nitrogens with zero attached hydrogens (tertiary/aromatic N) is 3. The molecule has 5 aliphatic rings. The fraction of sp³-hybridized carbons (Fsp3) is 0.500. The smallest absolute Gasteiger partial charge is 0.254 e. The Kier molecular flexibility index (Phi) is 3.74. The molecule has 2 amide bonds. The van der Waals surface area contributed by atoms with Gasteiger partial charge in [0.1, 0.15) is 0 Å². The minimum atomic E-state index is -0.182. The van der Waals surface area contributed by atoms with Crippen LogP contribution in [0.4, 0.5) is 5.69 Å². The van der Waals surface area contributed by atoms with Gasteiger partial charge in [0, 0.05) is 18.8 Å². The number of hydrogen-bond donors (Lipinski definition) is 0. The second-order valence-electron chi connectivity index (χ2n) is 8.15. The topological polar surface area (TPSA) is 53.0 Å². The first kappa shape index (κ1) is 16.7. The largest absolute Gasteiger partial charge is 0.372 e. The Morgan fingerprint density at radius 2 is 1.56 bits per heavy atom. The van der Waals surface area contributed by atoms with E-state index in [1.165, 1.54) is 12.1 Å². The van der Waals surface area contributed by atoms with Crippen LogP contribution in [0.2, 0.25) is 0 Å². The summed E-state index contributed by atoms with van der Waals surface area (Å²) in [5, 5.41) is 5.44. The van der Waals surface area contributed by atoms with Gasteiger partial charge in [0.2, 0.25) is 0 Å². The number of imide groups is 1. The number of amides is 2. The third-order valence-electron chi connectivity index (χ3n) is 6.98. The van der Waals surface area contributed by atoms with Crippen LogP contribution in [0.25, 0.3) is 0 Å². The van der Waals surface area contributed by atoms with Gasteiger partial charge < -0.3 is 4.90 Å². The van der Waals surface area contributed by atoms with Gasteiger partial charge in [-0.2, -0.15) is 10.1 Å². The van der Waals surface area contributed by atoms with Gasteiger partial charge in [-0.1, -0.05) is 24.3 Å². The zero-order valence-corrected chi connectivity index (χ0v) is 15.8. The van der Waals surface area contributed by atoms with Crippen LogP contribution in [0, 0.1) is 35.5 Å². The van der Waals surface area contributed by atoms with Gasteiger partial charge in [-0.15, -0.1) is 0 Å². The van der Waals surface area contributed by atoms with Crippen molar-refractivity contribution in [2.24, 2.45) is 40.6 Å². The van der Waals surface area contributed by atoms with Crippen LogP contribution in [0.15, 0.2) is 41.5 Å². The highest BCUT2D eigenvalue weighted by molar-refractivity contribution is 6.06. The lowest BCUT2D eigenvalue weighted by molar-refractivity contribution is -0.140.